The van der Waals surface area contributed by atoms with Gasteiger partial charge in [0.1, 0.15) is 5.82 Å². The largest absolute Gasteiger partial charge is 0.350 e. The number of benzene rings is 3. The van der Waals surface area contributed by atoms with Gasteiger partial charge in [0.2, 0.25) is 5.91 Å². The molecule has 5 rings (SSSR count). The number of aromatic nitrogens is 3. The Balaban J connectivity index is 1.31. The maximum Gasteiger partial charge on any atom is 0.350 e. The fourth-order valence-electron chi connectivity index (χ4n) is 4.68. The molecule has 1 aromatic heterocycles. The second-order valence-electron chi connectivity index (χ2n) is 8.41. The summed E-state index contributed by atoms with van der Waals surface area (Å²) in [6.45, 7) is 1.35. The van der Waals surface area contributed by atoms with Gasteiger partial charge in [-0.2, -0.15) is 5.10 Å². The number of fused-ring (bicyclic) bond motifs is 1. The molecule has 3 aromatic carbocycles. The van der Waals surface area contributed by atoms with Gasteiger partial charge < -0.3 is 4.90 Å². The molecule has 0 unspecified atom stereocenters. The monoisotopic (exact) mass is 426 g/mol. The zero-order valence-corrected chi connectivity index (χ0v) is 18.1. The van der Waals surface area contributed by atoms with E-state index in [1.54, 1.807) is 11.6 Å². The summed E-state index contributed by atoms with van der Waals surface area (Å²) in [4.78, 5) is 27.7. The molecule has 1 fully saturated rings. The van der Waals surface area contributed by atoms with Crippen LogP contribution in [0.1, 0.15) is 30.1 Å². The number of hydrogen-bond acceptors (Lipinski definition) is 3. The number of nitrogens with zero attached hydrogens (tertiary/aromatic N) is 4. The Kier molecular flexibility index (Phi) is 5.35. The zero-order chi connectivity index (χ0) is 22.1. The van der Waals surface area contributed by atoms with Crippen LogP contribution in [0.2, 0.25) is 0 Å². The second-order valence-corrected chi connectivity index (χ2v) is 8.41. The van der Waals surface area contributed by atoms with Gasteiger partial charge in [-0.1, -0.05) is 60.7 Å². The van der Waals surface area contributed by atoms with Crippen molar-refractivity contribution in [3.63, 3.8) is 0 Å². The molecule has 1 aliphatic heterocycles. The van der Waals surface area contributed by atoms with Crippen LogP contribution in [0.4, 0.5) is 0 Å². The number of amides is 1. The SMILES string of the molecule is Cn1nc(C2CCN(C(=O)Cc3cccc4ccccc34)CC2)n(-c2ccccc2)c1=O. The predicted molar refractivity (Wildman–Crippen MR) is 125 cm³/mol. The molecular weight excluding hydrogens is 400 g/mol. The molecule has 0 bridgehead atoms. The number of para-hydroxylation sites is 1. The highest BCUT2D eigenvalue weighted by atomic mass is 16.2. The molecule has 6 heteroatoms. The van der Waals surface area contributed by atoms with Crippen molar-refractivity contribution in [1.82, 2.24) is 19.2 Å². The number of carbonyl (C=O) groups excluding carboxylic acids is 1. The van der Waals surface area contributed by atoms with Gasteiger partial charge in [0.25, 0.3) is 0 Å². The van der Waals surface area contributed by atoms with Crippen LogP contribution in [-0.4, -0.2) is 38.2 Å². The molecule has 1 amide bonds. The van der Waals surface area contributed by atoms with Crippen molar-refractivity contribution in [2.75, 3.05) is 13.1 Å². The second kappa shape index (κ2) is 8.46. The summed E-state index contributed by atoms with van der Waals surface area (Å²) in [7, 11) is 1.69. The van der Waals surface area contributed by atoms with Crippen LogP contribution >= 0.6 is 0 Å². The molecule has 1 saturated heterocycles. The fraction of sp³-hybridized carbons (Fsp3) is 0.269. The predicted octanol–water partition coefficient (Wildman–Crippen LogP) is 3.67. The summed E-state index contributed by atoms with van der Waals surface area (Å²) < 4.78 is 3.11. The van der Waals surface area contributed by atoms with E-state index < -0.39 is 0 Å². The lowest BCUT2D eigenvalue weighted by Gasteiger charge is -2.31. The van der Waals surface area contributed by atoms with Crippen molar-refractivity contribution in [3.05, 3.63) is 94.7 Å². The lowest BCUT2D eigenvalue weighted by Crippen LogP contribution is -2.39. The Morgan fingerprint density at radius 1 is 0.938 bits per heavy atom. The Bertz CT molecular complexity index is 1310. The van der Waals surface area contributed by atoms with Gasteiger partial charge in [-0.15, -0.1) is 0 Å². The van der Waals surface area contributed by atoms with E-state index >= 15 is 0 Å². The quantitative estimate of drug-likeness (QED) is 0.500. The van der Waals surface area contributed by atoms with E-state index in [0.717, 1.165) is 40.7 Å². The highest BCUT2D eigenvalue weighted by Crippen LogP contribution is 2.28. The minimum Gasteiger partial charge on any atom is -0.342 e. The lowest BCUT2D eigenvalue weighted by atomic mass is 9.95. The summed E-state index contributed by atoms with van der Waals surface area (Å²) in [6.07, 6.45) is 2.00. The molecule has 6 nitrogen and oxygen atoms in total. The molecule has 0 saturated carbocycles. The first kappa shape index (κ1) is 20.2. The van der Waals surface area contributed by atoms with Crippen molar-refractivity contribution in [1.29, 1.82) is 0 Å². The number of hydrogen-bond donors (Lipinski definition) is 0. The fourth-order valence-corrected chi connectivity index (χ4v) is 4.68. The van der Waals surface area contributed by atoms with Gasteiger partial charge in [0, 0.05) is 26.1 Å². The average molecular weight is 427 g/mol. The van der Waals surface area contributed by atoms with E-state index in [9.17, 15) is 9.59 Å². The molecule has 0 N–H and O–H groups in total. The molecule has 0 atom stereocenters. The Morgan fingerprint density at radius 3 is 2.41 bits per heavy atom. The van der Waals surface area contributed by atoms with Gasteiger partial charge >= 0.3 is 5.69 Å². The molecule has 0 spiro atoms. The third kappa shape index (κ3) is 3.73. The number of aryl methyl sites for hydroxylation is 1. The van der Waals surface area contributed by atoms with Gasteiger partial charge in [-0.05, 0) is 41.3 Å². The summed E-state index contributed by atoms with van der Waals surface area (Å²) in [5, 5.41) is 6.84. The van der Waals surface area contributed by atoms with Crippen molar-refractivity contribution >= 4 is 16.7 Å². The summed E-state index contributed by atoms with van der Waals surface area (Å²) in [6, 6.07) is 24.0. The maximum atomic E-state index is 13.1. The normalized spacial score (nSPS) is 14.7. The number of carbonyl (C=O) groups is 1. The van der Waals surface area contributed by atoms with E-state index in [-0.39, 0.29) is 17.5 Å². The van der Waals surface area contributed by atoms with E-state index in [4.69, 9.17) is 0 Å². The van der Waals surface area contributed by atoms with Crippen LogP contribution in [0.15, 0.2) is 77.6 Å². The third-order valence-electron chi connectivity index (χ3n) is 6.40. The molecule has 1 aliphatic rings. The Morgan fingerprint density at radius 2 is 1.62 bits per heavy atom. The van der Waals surface area contributed by atoms with Crippen molar-refractivity contribution in [2.45, 2.75) is 25.2 Å². The van der Waals surface area contributed by atoms with Crippen LogP contribution in [0, 0.1) is 0 Å². The standard InChI is InChI=1S/C26H26N4O2/c1-28-26(32)30(22-11-3-2-4-12-22)25(27-28)20-14-16-29(17-15-20)24(31)18-21-10-7-9-19-8-5-6-13-23(19)21/h2-13,20H,14-18H2,1H3. The molecule has 2 heterocycles. The topological polar surface area (TPSA) is 60.1 Å². The Labute approximate surface area is 186 Å². The van der Waals surface area contributed by atoms with Crippen molar-refractivity contribution in [2.24, 2.45) is 7.05 Å². The van der Waals surface area contributed by atoms with E-state index in [2.05, 4.69) is 23.3 Å². The first-order valence-corrected chi connectivity index (χ1v) is 11.1. The first-order chi connectivity index (χ1) is 15.6. The molecule has 162 valence electrons. The van der Waals surface area contributed by atoms with Gasteiger partial charge in [-0.25, -0.2) is 14.0 Å². The van der Waals surface area contributed by atoms with Crippen molar-refractivity contribution in [3.8, 4) is 5.69 Å². The molecular formula is C26H26N4O2. The highest BCUT2D eigenvalue weighted by Gasteiger charge is 2.28. The van der Waals surface area contributed by atoms with Crippen LogP contribution in [0.25, 0.3) is 16.5 Å². The van der Waals surface area contributed by atoms with Gasteiger partial charge in [-0.3, -0.25) is 4.79 Å². The van der Waals surface area contributed by atoms with Gasteiger partial charge in [0.05, 0.1) is 12.1 Å². The summed E-state index contributed by atoms with van der Waals surface area (Å²) in [5.74, 6) is 1.08. The number of piperidine rings is 1. The van der Waals surface area contributed by atoms with Gasteiger partial charge in [0.15, 0.2) is 0 Å². The van der Waals surface area contributed by atoms with E-state index in [1.807, 2.05) is 59.5 Å². The van der Waals surface area contributed by atoms with E-state index in [1.165, 1.54) is 4.68 Å². The highest BCUT2D eigenvalue weighted by molar-refractivity contribution is 5.90. The van der Waals surface area contributed by atoms with Crippen molar-refractivity contribution < 1.29 is 4.79 Å². The lowest BCUT2D eigenvalue weighted by molar-refractivity contribution is -0.131. The number of rotatable bonds is 4. The van der Waals surface area contributed by atoms with E-state index in [0.29, 0.717) is 19.5 Å². The summed E-state index contributed by atoms with van der Waals surface area (Å²) >= 11 is 0. The molecule has 0 radical (unpaired) electrons. The molecule has 32 heavy (non-hydrogen) atoms. The smallest absolute Gasteiger partial charge is 0.342 e. The minimum atomic E-state index is -0.138. The minimum absolute atomic E-state index is 0.138. The molecule has 4 aromatic rings. The molecule has 0 aliphatic carbocycles. The van der Waals surface area contributed by atoms with Crippen LogP contribution in [0.5, 0.6) is 0 Å². The first-order valence-electron chi connectivity index (χ1n) is 11.1. The summed E-state index contributed by atoms with van der Waals surface area (Å²) in [5.41, 5.74) is 1.76. The third-order valence-corrected chi connectivity index (χ3v) is 6.40. The Hall–Kier alpha value is -3.67. The maximum absolute atomic E-state index is 13.1. The number of likely N-dealkylation sites (tertiary alicyclic amines) is 1. The average Bonchev–Trinajstić information content (AvgIpc) is 3.14. The zero-order valence-electron chi connectivity index (χ0n) is 18.1. The van der Waals surface area contributed by atoms with Crippen LogP contribution in [0.3, 0.4) is 0 Å². The van der Waals surface area contributed by atoms with Crippen LogP contribution < -0.4 is 5.69 Å². The van der Waals surface area contributed by atoms with Crippen LogP contribution in [-0.2, 0) is 18.3 Å².